The van der Waals surface area contributed by atoms with E-state index in [-0.39, 0.29) is 29.2 Å². The number of hydrogen-bond acceptors (Lipinski definition) is 6. The van der Waals surface area contributed by atoms with Crippen molar-refractivity contribution in [2.45, 2.75) is 82.7 Å². The maximum atomic E-state index is 12.4. The summed E-state index contributed by atoms with van der Waals surface area (Å²) in [5, 5.41) is 20.7. The normalized spacial score (nSPS) is 56.1. The molecular weight excluding hydrogens is 348 g/mol. The number of fused-ring (bicyclic) bond motifs is 4. The minimum Gasteiger partial charge on any atom is -0.432 e. The molecule has 150 valence electrons. The molecule has 0 unspecified atom stereocenters. The average molecular weight is 378 g/mol. The van der Waals surface area contributed by atoms with E-state index in [1.807, 2.05) is 0 Å². The van der Waals surface area contributed by atoms with Crippen LogP contribution in [0.2, 0.25) is 0 Å². The minimum atomic E-state index is -1.41. The van der Waals surface area contributed by atoms with Crippen LogP contribution in [0.4, 0.5) is 0 Å². The van der Waals surface area contributed by atoms with Crippen LogP contribution >= 0.6 is 0 Å². The summed E-state index contributed by atoms with van der Waals surface area (Å²) in [6.45, 7) is 3.73. The number of rotatable bonds is 2. The first-order valence-electron chi connectivity index (χ1n) is 10.5. The molecule has 0 aromatic heterocycles. The number of ketones is 1. The van der Waals surface area contributed by atoms with E-state index in [4.69, 9.17) is 9.47 Å². The maximum absolute atomic E-state index is 12.4. The van der Waals surface area contributed by atoms with Crippen molar-refractivity contribution in [1.82, 2.24) is 0 Å². The van der Waals surface area contributed by atoms with Crippen LogP contribution in [0.25, 0.3) is 0 Å². The summed E-state index contributed by atoms with van der Waals surface area (Å²) in [7, 11) is 0. The van der Waals surface area contributed by atoms with Gasteiger partial charge in [-0.2, -0.15) is 0 Å². The molecule has 27 heavy (non-hydrogen) atoms. The van der Waals surface area contributed by atoms with Crippen molar-refractivity contribution < 1.29 is 29.3 Å². The molecule has 0 bridgehead atoms. The Morgan fingerprint density at radius 2 is 1.78 bits per heavy atom. The van der Waals surface area contributed by atoms with E-state index in [2.05, 4.69) is 13.8 Å². The third kappa shape index (κ3) is 1.97. The molecule has 5 fully saturated rings. The fourth-order valence-electron chi connectivity index (χ4n) is 7.86. The summed E-state index contributed by atoms with van der Waals surface area (Å²) in [6, 6.07) is 0. The lowest BCUT2D eigenvalue weighted by molar-refractivity contribution is -0.171. The zero-order valence-electron chi connectivity index (χ0n) is 16.2. The van der Waals surface area contributed by atoms with Crippen molar-refractivity contribution in [2.24, 2.45) is 28.6 Å². The molecule has 6 nitrogen and oxygen atoms in total. The van der Waals surface area contributed by atoms with E-state index in [9.17, 15) is 19.8 Å². The maximum Gasteiger partial charge on any atom is 0.308 e. The summed E-state index contributed by atoms with van der Waals surface area (Å²) in [4.78, 5) is 24.4. The van der Waals surface area contributed by atoms with Gasteiger partial charge in [-0.15, -0.1) is 0 Å². The van der Waals surface area contributed by atoms with Crippen LogP contribution in [0.1, 0.15) is 65.2 Å². The highest BCUT2D eigenvalue weighted by Gasteiger charge is 2.76. The van der Waals surface area contributed by atoms with Gasteiger partial charge in [-0.3, -0.25) is 9.59 Å². The van der Waals surface area contributed by atoms with Crippen molar-refractivity contribution in [3.05, 3.63) is 0 Å². The van der Waals surface area contributed by atoms with Gasteiger partial charge < -0.3 is 19.7 Å². The molecule has 0 aromatic rings. The first-order valence-corrected chi connectivity index (χ1v) is 10.5. The Morgan fingerprint density at radius 1 is 1.07 bits per heavy atom. The fourth-order valence-corrected chi connectivity index (χ4v) is 7.86. The third-order valence-electron chi connectivity index (χ3n) is 9.56. The highest BCUT2D eigenvalue weighted by Crippen LogP contribution is 2.72. The topological polar surface area (TPSA) is 96.4 Å². The molecule has 5 aliphatic rings. The molecule has 1 spiro atoms. The molecular formula is C21H30O6. The lowest BCUT2D eigenvalue weighted by Gasteiger charge is -2.58. The van der Waals surface area contributed by atoms with Crippen LogP contribution in [0.3, 0.4) is 0 Å². The Hall–Kier alpha value is -0.980. The van der Waals surface area contributed by atoms with Gasteiger partial charge in [0.1, 0.15) is 17.8 Å². The SMILES string of the molecule is C[C@]12CC[C@H]3[C@@H](CC[C@@]45O[C@@H]4OC(=O)CC[C@]35C)[C@@H]1CC[C@@]2(O)C(=O)CO. The lowest BCUT2D eigenvalue weighted by Crippen LogP contribution is -2.60. The minimum absolute atomic E-state index is 0.101. The second-order valence-corrected chi connectivity index (χ2v) is 10.1. The predicted octanol–water partition coefficient (Wildman–Crippen LogP) is 1.95. The van der Waals surface area contributed by atoms with Crippen LogP contribution in [0.5, 0.6) is 0 Å². The number of carbonyl (C=O) groups is 2. The van der Waals surface area contributed by atoms with Gasteiger partial charge in [0.15, 0.2) is 5.78 Å². The van der Waals surface area contributed by atoms with Crippen molar-refractivity contribution in [2.75, 3.05) is 6.61 Å². The number of Topliss-reactive ketones (excluding diaryl/α,β-unsaturated/α-hetero) is 1. The number of carbonyl (C=O) groups excluding carboxylic acids is 2. The first-order chi connectivity index (χ1) is 12.7. The monoisotopic (exact) mass is 378 g/mol. The highest BCUT2D eigenvalue weighted by molar-refractivity contribution is 5.89. The number of aliphatic hydroxyl groups is 2. The Balaban J connectivity index is 1.49. The number of esters is 1. The molecule has 3 saturated carbocycles. The molecule has 8 atom stereocenters. The van der Waals surface area contributed by atoms with Gasteiger partial charge in [-0.1, -0.05) is 13.8 Å². The summed E-state index contributed by atoms with van der Waals surface area (Å²) < 4.78 is 11.5. The van der Waals surface area contributed by atoms with Crippen molar-refractivity contribution in [1.29, 1.82) is 0 Å². The summed E-state index contributed by atoms with van der Waals surface area (Å²) in [5.74, 6) is 0.508. The van der Waals surface area contributed by atoms with Crippen LogP contribution in [0.15, 0.2) is 0 Å². The molecule has 2 heterocycles. The fraction of sp³-hybridized carbons (Fsp3) is 0.905. The zero-order valence-corrected chi connectivity index (χ0v) is 16.2. The molecule has 0 radical (unpaired) electrons. The van der Waals surface area contributed by atoms with Gasteiger partial charge in [-0.25, -0.2) is 0 Å². The Morgan fingerprint density at radius 3 is 2.52 bits per heavy atom. The third-order valence-corrected chi connectivity index (χ3v) is 9.56. The van der Waals surface area contributed by atoms with Gasteiger partial charge in [-0.05, 0) is 62.7 Å². The molecule has 2 N–H and O–H groups in total. The highest BCUT2D eigenvalue weighted by atomic mass is 16.8. The standard InChI is InChI=1S/C21H30O6/c1-18-7-4-14-12(13(18)5-9-20(18,25)15(23)11-22)3-10-21-17(27-21)26-16(24)6-8-19(14,21)2/h12-14,17,22,25H,3-11H2,1-2H3/t12-,13-,14-,17-,18-,19+,20+,21+/m0/s1. The second kappa shape index (κ2) is 5.33. The quantitative estimate of drug-likeness (QED) is 0.563. The molecule has 2 saturated heterocycles. The molecule has 5 rings (SSSR count). The van der Waals surface area contributed by atoms with Gasteiger partial charge in [0.05, 0.1) is 0 Å². The summed E-state index contributed by atoms with van der Waals surface area (Å²) >= 11 is 0. The van der Waals surface area contributed by atoms with Gasteiger partial charge >= 0.3 is 5.97 Å². The number of aliphatic hydroxyl groups excluding tert-OH is 1. The van der Waals surface area contributed by atoms with Gasteiger partial charge in [0.2, 0.25) is 6.29 Å². The number of ether oxygens (including phenoxy) is 2. The molecule has 0 aromatic carbocycles. The van der Waals surface area contributed by atoms with E-state index in [0.29, 0.717) is 24.7 Å². The van der Waals surface area contributed by atoms with Crippen molar-refractivity contribution >= 4 is 11.8 Å². The summed E-state index contributed by atoms with van der Waals surface area (Å²) in [6.07, 6.45) is 5.65. The van der Waals surface area contributed by atoms with Gasteiger partial charge in [0, 0.05) is 17.3 Å². The molecule has 2 aliphatic heterocycles. The predicted molar refractivity (Wildman–Crippen MR) is 94.4 cm³/mol. The molecule has 0 amide bonds. The first kappa shape index (κ1) is 18.1. The Bertz CT molecular complexity index is 707. The van der Waals surface area contributed by atoms with Gasteiger partial charge in [0.25, 0.3) is 0 Å². The largest absolute Gasteiger partial charge is 0.432 e. The van der Waals surface area contributed by atoms with E-state index >= 15 is 0 Å². The number of epoxide rings is 1. The second-order valence-electron chi connectivity index (χ2n) is 10.1. The Kier molecular flexibility index (Phi) is 3.57. The summed E-state index contributed by atoms with van der Waals surface area (Å²) in [5.41, 5.74) is -2.32. The lowest BCUT2D eigenvalue weighted by atomic mass is 9.45. The Labute approximate surface area is 159 Å². The van der Waals surface area contributed by atoms with Crippen molar-refractivity contribution in [3.8, 4) is 0 Å². The van der Waals surface area contributed by atoms with E-state index in [1.165, 1.54) is 0 Å². The van der Waals surface area contributed by atoms with Crippen LogP contribution < -0.4 is 0 Å². The van der Waals surface area contributed by atoms with E-state index in [1.54, 1.807) is 0 Å². The molecule has 3 aliphatic carbocycles. The molecule has 6 heteroatoms. The van der Waals surface area contributed by atoms with Crippen LogP contribution in [0, 0.1) is 28.6 Å². The number of hydrogen-bond donors (Lipinski definition) is 2. The van der Waals surface area contributed by atoms with Crippen LogP contribution in [-0.2, 0) is 19.1 Å². The van der Waals surface area contributed by atoms with Crippen LogP contribution in [-0.4, -0.2) is 46.1 Å². The van der Waals surface area contributed by atoms with E-state index in [0.717, 1.165) is 38.5 Å². The smallest absolute Gasteiger partial charge is 0.308 e. The van der Waals surface area contributed by atoms with Crippen molar-refractivity contribution in [3.63, 3.8) is 0 Å². The average Bonchev–Trinajstić information content (AvgIpc) is 3.28. The zero-order chi connectivity index (χ0) is 19.2. The van der Waals surface area contributed by atoms with E-state index < -0.39 is 23.4 Å².